The number of benzene rings is 2. The molecule has 1 fully saturated rings. The maximum Gasteiger partial charge on any atom is 0.321 e. The van der Waals surface area contributed by atoms with Gasteiger partial charge in [-0.1, -0.05) is 37.6 Å². The van der Waals surface area contributed by atoms with E-state index in [1.165, 1.54) is 12.4 Å². The first-order valence-corrected chi connectivity index (χ1v) is 11.7. The van der Waals surface area contributed by atoms with Crippen LogP contribution in [0.1, 0.15) is 30.9 Å². The quantitative estimate of drug-likeness (QED) is 0.352. The van der Waals surface area contributed by atoms with E-state index in [0.717, 1.165) is 52.8 Å². The third-order valence-corrected chi connectivity index (χ3v) is 6.03. The van der Waals surface area contributed by atoms with Crippen molar-refractivity contribution in [2.24, 2.45) is 7.05 Å². The number of hydrogen-bond acceptors (Lipinski definition) is 7. The van der Waals surface area contributed by atoms with Crippen LogP contribution in [0.3, 0.4) is 0 Å². The van der Waals surface area contributed by atoms with Crippen LogP contribution >= 0.6 is 11.6 Å². The molecule has 1 saturated heterocycles. The zero-order valence-corrected chi connectivity index (χ0v) is 20.1. The van der Waals surface area contributed by atoms with E-state index in [1.54, 1.807) is 0 Å². The molecule has 2 aromatic carbocycles. The molecule has 1 aliphatic rings. The smallest absolute Gasteiger partial charge is 0.321 e. The summed E-state index contributed by atoms with van der Waals surface area (Å²) in [6, 6.07) is 13.0. The first-order valence-electron chi connectivity index (χ1n) is 11.3. The van der Waals surface area contributed by atoms with Gasteiger partial charge in [0.2, 0.25) is 5.95 Å². The molecule has 0 saturated carbocycles. The number of nitrogens with zero attached hydrogens (tertiary/aromatic N) is 4. The lowest BCUT2D eigenvalue weighted by molar-refractivity contribution is 0.0211. The van der Waals surface area contributed by atoms with Gasteiger partial charge >= 0.3 is 6.01 Å². The molecular formula is C25H27ClN6O2. The number of aromatic nitrogens is 4. The van der Waals surface area contributed by atoms with E-state index in [1.807, 2.05) is 25.2 Å². The minimum atomic E-state index is 0.269. The first kappa shape index (κ1) is 22.4. The summed E-state index contributed by atoms with van der Waals surface area (Å²) in [5.41, 5.74) is 5.32. The number of anilines is 2. The van der Waals surface area contributed by atoms with Crippen molar-refractivity contribution < 1.29 is 9.47 Å². The monoisotopic (exact) mass is 478 g/mol. The number of rotatable bonds is 8. The number of aryl methyl sites for hydroxylation is 1. The molecule has 0 unspecified atom stereocenters. The molecule has 0 radical (unpaired) electrons. The largest absolute Gasteiger partial charge is 0.424 e. The Morgan fingerprint density at radius 2 is 1.94 bits per heavy atom. The Bertz CT molecular complexity index is 1300. The Morgan fingerprint density at radius 3 is 2.65 bits per heavy atom. The van der Waals surface area contributed by atoms with E-state index in [2.05, 4.69) is 57.2 Å². The molecular weight excluding hydrogens is 452 g/mol. The minimum Gasteiger partial charge on any atom is -0.424 e. The second kappa shape index (κ2) is 9.48. The van der Waals surface area contributed by atoms with E-state index in [9.17, 15) is 0 Å². The predicted molar refractivity (Wildman–Crippen MR) is 134 cm³/mol. The number of fused-ring (bicyclic) bond motifs is 1. The van der Waals surface area contributed by atoms with Gasteiger partial charge in [0.15, 0.2) is 0 Å². The lowest BCUT2D eigenvalue weighted by Crippen LogP contribution is -2.40. The molecule has 2 aromatic heterocycles. The highest BCUT2D eigenvalue weighted by Gasteiger charge is 2.18. The topological polar surface area (TPSA) is 86.1 Å². The second-order valence-electron chi connectivity index (χ2n) is 8.74. The minimum absolute atomic E-state index is 0.269. The average molecular weight is 479 g/mol. The van der Waals surface area contributed by atoms with Gasteiger partial charge in [0.25, 0.3) is 0 Å². The molecule has 0 aliphatic carbocycles. The molecule has 4 aromatic rings. The van der Waals surface area contributed by atoms with Crippen LogP contribution in [0, 0.1) is 0 Å². The molecule has 0 amide bonds. The number of nitrogens with one attached hydrogen (secondary N) is 2. The number of halogens is 1. The first-order chi connectivity index (χ1) is 16.5. The van der Waals surface area contributed by atoms with Crippen molar-refractivity contribution in [2.45, 2.75) is 32.4 Å². The summed E-state index contributed by atoms with van der Waals surface area (Å²) in [6.07, 6.45) is 3.05. The van der Waals surface area contributed by atoms with Crippen molar-refractivity contribution in [1.82, 2.24) is 19.5 Å². The number of hydrogen-bond donors (Lipinski definition) is 2. The molecule has 176 valence electrons. The highest BCUT2D eigenvalue weighted by molar-refractivity contribution is 6.30. The van der Waals surface area contributed by atoms with Crippen LogP contribution in [0.4, 0.5) is 11.6 Å². The van der Waals surface area contributed by atoms with Gasteiger partial charge in [-0.15, -0.1) is 0 Å². The molecule has 8 nitrogen and oxygen atoms in total. The zero-order chi connectivity index (χ0) is 23.7. The third kappa shape index (κ3) is 4.78. The Labute approximate surface area is 203 Å². The summed E-state index contributed by atoms with van der Waals surface area (Å²) < 4.78 is 13.3. The molecule has 3 heterocycles. The van der Waals surface area contributed by atoms with Gasteiger partial charge in [-0.05, 0) is 41.3 Å². The molecule has 0 atom stereocenters. The summed E-state index contributed by atoms with van der Waals surface area (Å²) in [7, 11) is 2.02. The summed E-state index contributed by atoms with van der Waals surface area (Å²) in [5, 5.41) is 7.44. The lowest BCUT2D eigenvalue weighted by atomic mass is 9.99. The summed E-state index contributed by atoms with van der Waals surface area (Å²) >= 11 is 5.87. The van der Waals surface area contributed by atoms with E-state index in [-0.39, 0.29) is 11.9 Å². The van der Waals surface area contributed by atoms with Crippen molar-refractivity contribution in [2.75, 3.05) is 23.8 Å². The van der Waals surface area contributed by atoms with E-state index >= 15 is 0 Å². The second-order valence-corrected chi connectivity index (χ2v) is 9.18. The fourth-order valence-corrected chi connectivity index (χ4v) is 3.97. The normalized spacial score (nSPS) is 13.8. The van der Waals surface area contributed by atoms with Crippen LogP contribution in [0.2, 0.25) is 5.02 Å². The van der Waals surface area contributed by atoms with Crippen LogP contribution < -0.4 is 15.4 Å². The van der Waals surface area contributed by atoms with Gasteiger partial charge < -0.3 is 24.7 Å². The van der Waals surface area contributed by atoms with E-state index in [0.29, 0.717) is 17.6 Å². The highest BCUT2D eigenvalue weighted by Crippen LogP contribution is 2.31. The molecule has 9 heteroatoms. The lowest BCUT2D eigenvalue weighted by Gasteiger charge is -2.27. The van der Waals surface area contributed by atoms with Gasteiger partial charge in [-0.3, -0.25) is 0 Å². The maximum atomic E-state index is 5.92. The summed E-state index contributed by atoms with van der Waals surface area (Å²) in [5.74, 6) is 1.82. The standard InChI is InChI=1S/C25H27ClN6O2/c1-15(2)20-8-16(4-7-23(20)34-25-28-11-17(26)12-29-25)10-27-24-31-21-6-5-18(9-22(21)32(24)3)30-19-13-33-14-19/h4-9,11-12,15,19,30H,10,13-14H2,1-3H3,(H,27,31). The van der Waals surface area contributed by atoms with Crippen LogP contribution in [0.25, 0.3) is 11.0 Å². The fraction of sp³-hybridized carbons (Fsp3) is 0.320. The molecule has 5 rings (SSSR count). The Hall–Kier alpha value is -3.36. The molecule has 1 aliphatic heterocycles. The van der Waals surface area contributed by atoms with Gasteiger partial charge in [-0.25, -0.2) is 15.0 Å². The maximum absolute atomic E-state index is 5.92. The highest BCUT2D eigenvalue weighted by atomic mass is 35.5. The zero-order valence-electron chi connectivity index (χ0n) is 19.4. The molecule has 0 bridgehead atoms. The fourth-order valence-electron chi connectivity index (χ4n) is 3.88. The van der Waals surface area contributed by atoms with Gasteiger partial charge in [0, 0.05) is 19.3 Å². The Kier molecular flexibility index (Phi) is 6.26. The van der Waals surface area contributed by atoms with Crippen molar-refractivity contribution in [3.8, 4) is 11.8 Å². The molecule has 0 spiro atoms. The van der Waals surface area contributed by atoms with Crippen molar-refractivity contribution in [3.63, 3.8) is 0 Å². The van der Waals surface area contributed by atoms with Crippen molar-refractivity contribution in [1.29, 1.82) is 0 Å². The van der Waals surface area contributed by atoms with Gasteiger partial charge in [0.1, 0.15) is 5.75 Å². The van der Waals surface area contributed by atoms with E-state index < -0.39 is 0 Å². The average Bonchev–Trinajstić information content (AvgIpc) is 3.12. The van der Waals surface area contributed by atoms with Crippen LogP contribution in [-0.4, -0.2) is 38.8 Å². The number of imidazole rings is 1. The predicted octanol–water partition coefficient (Wildman–Crippen LogP) is 5.36. The van der Waals surface area contributed by atoms with Crippen molar-refractivity contribution >= 4 is 34.3 Å². The van der Waals surface area contributed by atoms with Crippen LogP contribution in [-0.2, 0) is 18.3 Å². The summed E-state index contributed by atoms with van der Waals surface area (Å²) in [6.45, 7) is 6.42. The summed E-state index contributed by atoms with van der Waals surface area (Å²) in [4.78, 5) is 13.0. The Morgan fingerprint density at radius 1 is 1.15 bits per heavy atom. The van der Waals surface area contributed by atoms with Crippen LogP contribution in [0.5, 0.6) is 11.8 Å². The Balaban J connectivity index is 1.31. The SMILES string of the molecule is CC(C)c1cc(CNc2nc3ccc(NC4COC4)cc3n2C)ccc1Oc1ncc(Cl)cn1. The van der Waals surface area contributed by atoms with Gasteiger partial charge in [-0.2, -0.15) is 0 Å². The van der Waals surface area contributed by atoms with Crippen molar-refractivity contribution in [3.05, 3.63) is 64.9 Å². The van der Waals surface area contributed by atoms with Gasteiger partial charge in [0.05, 0.1) is 47.7 Å². The number of ether oxygens (including phenoxy) is 2. The molecule has 2 N–H and O–H groups in total. The molecule has 34 heavy (non-hydrogen) atoms. The third-order valence-electron chi connectivity index (χ3n) is 5.83. The van der Waals surface area contributed by atoms with Crippen LogP contribution in [0.15, 0.2) is 48.8 Å². The van der Waals surface area contributed by atoms with E-state index in [4.69, 9.17) is 26.1 Å².